The van der Waals surface area contributed by atoms with Gasteiger partial charge in [-0.3, -0.25) is 9.58 Å². The van der Waals surface area contributed by atoms with Crippen molar-refractivity contribution < 1.29 is 23.8 Å². The van der Waals surface area contributed by atoms with Crippen molar-refractivity contribution in [2.24, 2.45) is 0 Å². The number of amides is 2. The minimum atomic E-state index is -0.536. The van der Waals surface area contributed by atoms with Gasteiger partial charge in [0.2, 0.25) is 0 Å². The number of anilines is 1. The van der Waals surface area contributed by atoms with Crippen molar-refractivity contribution in [2.75, 3.05) is 25.1 Å². The maximum absolute atomic E-state index is 12.8. The summed E-state index contributed by atoms with van der Waals surface area (Å²) in [5.74, 6) is 0.920. The number of hydrogen-bond donors (Lipinski definition) is 0. The van der Waals surface area contributed by atoms with E-state index in [0.29, 0.717) is 53.7 Å². The number of piperidine rings is 1. The zero-order valence-corrected chi connectivity index (χ0v) is 25.8. The quantitative estimate of drug-likeness (QED) is 0.306. The van der Waals surface area contributed by atoms with Crippen LogP contribution in [0.25, 0.3) is 11.1 Å². The van der Waals surface area contributed by atoms with E-state index in [0.717, 1.165) is 29.5 Å². The fourth-order valence-electron chi connectivity index (χ4n) is 5.63. The van der Waals surface area contributed by atoms with Crippen LogP contribution in [0.15, 0.2) is 42.7 Å². The van der Waals surface area contributed by atoms with Crippen LogP contribution in [-0.4, -0.2) is 58.7 Å². The second kappa shape index (κ2) is 12.2. The SMILES string of the molecule is COC(=O)N1c2ccc(-c3cnn(C4CCN(C(=O)OC(C)(C)C)CC4)c3)c(Oc3ccc(Cl)cc3C#N)c2CC[C@@H]1C. The summed E-state index contributed by atoms with van der Waals surface area (Å²) in [6, 6.07) is 11.0. The summed E-state index contributed by atoms with van der Waals surface area (Å²) in [6.45, 7) is 8.74. The molecule has 0 bridgehead atoms. The van der Waals surface area contributed by atoms with E-state index in [2.05, 4.69) is 6.07 Å². The first kappa shape index (κ1) is 30.2. The first-order valence-corrected chi connectivity index (χ1v) is 14.8. The first-order valence-electron chi connectivity index (χ1n) is 14.4. The molecule has 0 radical (unpaired) electrons. The van der Waals surface area contributed by atoms with Gasteiger partial charge in [0, 0.05) is 47.0 Å². The number of carbonyl (C=O) groups excluding carboxylic acids is 2. The highest BCUT2D eigenvalue weighted by Gasteiger charge is 2.33. The second-order valence-corrected chi connectivity index (χ2v) is 12.4. The van der Waals surface area contributed by atoms with Gasteiger partial charge in [0.15, 0.2) is 0 Å². The predicted molar refractivity (Wildman–Crippen MR) is 163 cm³/mol. The molecule has 0 saturated carbocycles. The van der Waals surface area contributed by atoms with Gasteiger partial charge in [0.1, 0.15) is 23.2 Å². The highest BCUT2D eigenvalue weighted by Crippen LogP contribution is 2.45. The Morgan fingerprint density at radius 2 is 1.84 bits per heavy atom. The normalized spacial score (nSPS) is 17.2. The van der Waals surface area contributed by atoms with Crippen LogP contribution in [0.3, 0.4) is 0 Å². The molecule has 5 rings (SSSR count). The summed E-state index contributed by atoms with van der Waals surface area (Å²) in [6.07, 6.45) is 5.92. The fraction of sp³-hybridized carbons (Fsp3) is 0.438. The number of rotatable bonds is 4. The van der Waals surface area contributed by atoms with Gasteiger partial charge in [-0.15, -0.1) is 0 Å². The number of nitrogens with zero attached hydrogens (tertiary/aromatic N) is 5. The molecule has 43 heavy (non-hydrogen) atoms. The van der Waals surface area contributed by atoms with E-state index in [4.69, 9.17) is 30.9 Å². The predicted octanol–water partition coefficient (Wildman–Crippen LogP) is 7.35. The minimum absolute atomic E-state index is 0.0573. The van der Waals surface area contributed by atoms with Gasteiger partial charge in [0.05, 0.1) is 30.6 Å². The van der Waals surface area contributed by atoms with Gasteiger partial charge in [-0.25, -0.2) is 9.59 Å². The summed E-state index contributed by atoms with van der Waals surface area (Å²) >= 11 is 6.15. The monoisotopic (exact) mass is 605 g/mol. The second-order valence-electron chi connectivity index (χ2n) is 11.9. The van der Waals surface area contributed by atoms with Gasteiger partial charge < -0.3 is 19.1 Å². The Morgan fingerprint density at radius 3 is 2.51 bits per heavy atom. The number of aromatic nitrogens is 2. The first-order chi connectivity index (χ1) is 20.5. The number of nitriles is 1. The van der Waals surface area contributed by atoms with Crippen molar-refractivity contribution in [3.63, 3.8) is 0 Å². The van der Waals surface area contributed by atoms with Gasteiger partial charge in [0.25, 0.3) is 0 Å². The van der Waals surface area contributed by atoms with Crippen molar-refractivity contribution in [2.45, 2.75) is 71.1 Å². The van der Waals surface area contributed by atoms with Crippen LogP contribution < -0.4 is 9.64 Å². The summed E-state index contributed by atoms with van der Waals surface area (Å²) in [5, 5.41) is 14.9. The molecule has 0 spiro atoms. The molecule has 0 unspecified atom stereocenters. The molecule has 2 aliphatic heterocycles. The lowest BCUT2D eigenvalue weighted by Gasteiger charge is -2.35. The van der Waals surface area contributed by atoms with E-state index in [9.17, 15) is 14.9 Å². The molecule has 226 valence electrons. The number of halogens is 1. The van der Waals surface area contributed by atoms with Crippen LogP contribution in [0.1, 0.15) is 64.1 Å². The molecule has 0 aliphatic carbocycles. The van der Waals surface area contributed by atoms with Crippen LogP contribution in [0, 0.1) is 11.3 Å². The number of ether oxygens (including phenoxy) is 3. The standard InChI is InChI=1S/C32H36ClN5O5/c1-20-6-8-26-27(38(20)31(40)41-5)10-9-25(29(26)42-28-11-7-23(33)16-21(28)17-34)22-18-35-37(19-22)24-12-14-36(15-13-24)30(39)43-32(2,3)4/h7,9-11,16,18-20,24H,6,8,12-15H2,1-5H3/t20-/m0/s1. The Hall–Kier alpha value is -4.23. The van der Waals surface area contributed by atoms with Crippen LogP contribution in [0.4, 0.5) is 15.3 Å². The molecule has 3 aromatic rings. The molecule has 2 amide bonds. The molecular formula is C32H36ClN5O5. The molecule has 1 saturated heterocycles. The molecule has 2 aromatic carbocycles. The number of benzene rings is 2. The molecule has 10 nitrogen and oxygen atoms in total. The van der Waals surface area contributed by atoms with Gasteiger partial charge >= 0.3 is 12.2 Å². The molecule has 1 atom stereocenters. The van der Waals surface area contributed by atoms with Crippen LogP contribution in [0.5, 0.6) is 11.5 Å². The van der Waals surface area contributed by atoms with Crippen molar-refractivity contribution in [3.05, 3.63) is 58.9 Å². The third-order valence-electron chi connectivity index (χ3n) is 7.80. The van der Waals surface area contributed by atoms with Crippen LogP contribution in [-0.2, 0) is 15.9 Å². The molecule has 1 aromatic heterocycles. The molecular weight excluding hydrogens is 570 g/mol. The Bertz CT molecular complexity index is 1570. The average molecular weight is 606 g/mol. The van der Waals surface area contributed by atoms with E-state index in [1.54, 1.807) is 34.2 Å². The largest absolute Gasteiger partial charge is 0.455 e. The maximum Gasteiger partial charge on any atom is 0.414 e. The third kappa shape index (κ3) is 6.42. The molecule has 3 heterocycles. The van der Waals surface area contributed by atoms with Gasteiger partial charge in [-0.1, -0.05) is 11.6 Å². The lowest BCUT2D eigenvalue weighted by Crippen LogP contribution is -2.42. The van der Waals surface area contributed by atoms with Crippen molar-refractivity contribution in [1.29, 1.82) is 5.26 Å². The van der Waals surface area contributed by atoms with Crippen molar-refractivity contribution in [3.8, 4) is 28.7 Å². The minimum Gasteiger partial charge on any atom is -0.455 e. The van der Waals surface area contributed by atoms with E-state index in [1.165, 1.54) is 7.11 Å². The highest BCUT2D eigenvalue weighted by molar-refractivity contribution is 6.30. The lowest BCUT2D eigenvalue weighted by molar-refractivity contribution is 0.0184. The Morgan fingerprint density at radius 1 is 1.09 bits per heavy atom. The lowest BCUT2D eigenvalue weighted by atomic mass is 9.92. The zero-order chi connectivity index (χ0) is 30.9. The summed E-state index contributed by atoms with van der Waals surface area (Å²) in [7, 11) is 1.37. The highest BCUT2D eigenvalue weighted by atomic mass is 35.5. The van der Waals surface area contributed by atoms with E-state index in [-0.39, 0.29) is 18.2 Å². The summed E-state index contributed by atoms with van der Waals surface area (Å²) < 4.78 is 19.1. The molecule has 1 fully saturated rings. The smallest absolute Gasteiger partial charge is 0.414 e. The number of likely N-dealkylation sites (tertiary alicyclic amines) is 1. The Balaban J connectivity index is 1.48. The van der Waals surface area contributed by atoms with E-state index in [1.807, 2.05) is 50.7 Å². The fourth-order valence-corrected chi connectivity index (χ4v) is 5.80. The molecule has 11 heteroatoms. The third-order valence-corrected chi connectivity index (χ3v) is 8.03. The van der Waals surface area contributed by atoms with Crippen LogP contribution in [0.2, 0.25) is 5.02 Å². The van der Waals surface area contributed by atoms with Crippen LogP contribution >= 0.6 is 11.6 Å². The summed E-state index contributed by atoms with van der Waals surface area (Å²) in [4.78, 5) is 28.7. The Labute approximate surface area is 256 Å². The number of hydrogen-bond acceptors (Lipinski definition) is 7. The maximum atomic E-state index is 12.8. The number of carbonyl (C=O) groups is 2. The van der Waals surface area contributed by atoms with E-state index >= 15 is 0 Å². The summed E-state index contributed by atoms with van der Waals surface area (Å²) in [5.41, 5.74) is 2.94. The van der Waals surface area contributed by atoms with Gasteiger partial charge in [-0.2, -0.15) is 10.4 Å². The van der Waals surface area contributed by atoms with Gasteiger partial charge in [-0.05, 0) is 83.7 Å². The topological polar surface area (TPSA) is 110 Å². The molecule has 2 aliphatic rings. The zero-order valence-electron chi connectivity index (χ0n) is 25.1. The molecule has 0 N–H and O–H groups in total. The van der Waals surface area contributed by atoms with E-state index < -0.39 is 11.7 Å². The number of fused-ring (bicyclic) bond motifs is 1. The van der Waals surface area contributed by atoms with Crippen molar-refractivity contribution in [1.82, 2.24) is 14.7 Å². The number of methoxy groups -OCH3 is 1. The Kier molecular flexibility index (Phi) is 8.56. The average Bonchev–Trinajstić information content (AvgIpc) is 3.47. The van der Waals surface area contributed by atoms with Crippen molar-refractivity contribution >= 4 is 29.5 Å².